The van der Waals surface area contributed by atoms with Crippen LogP contribution >= 0.6 is 12.2 Å². The minimum atomic E-state index is 0.267. The summed E-state index contributed by atoms with van der Waals surface area (Å²) in [6, 6.07) is 0.267. The Bertz CT molecular complexity index is 437. The van der Waals surface area contributed by atoms with E-state index >= 15 is 0 Å². The number of imidazole rings is 1. The fraction of sp³-hybridized carbons (Fsp3) is 0.714. The van der Waals surface area contributed by atoms with Gasteiger partial charge in [0.1, 0.15) is 5.82 Å². The monoisotopic (exact) mass is 295 g/mol. The number of thiocarbonyl (C=S) groups is 1. The number of piperazine rings is 1. The summed E-state index contributed by atoms with van der Waals surface area (Å²) in [4.78, 5) is 9.81. The van der Waals surface area contributed by atoms with E-state index in [-0.39, 0.29) is 6.04 Å². The molecule has 2 heterocycles. The van der Waals surface area contributed by atoms with Crippen LogP contribution in [-0.4, -0.2) is 63.1 Å². The highest BCUT2D eigenvalue weighted by molar-refractivity contribution is 7.80. The number of hydrogen-bond donors (Lipinski definition) is 1. The molecule has 0 amide bonds. The van der Waals surface area contributed by atoms with Crippen LogP contribution in [0.15, 0.2) is 12.4 Å². The average molecular weight is 295 g/mol. The molecule has 0 aromatic carbocycles. The van der Waals surface area contributed by atoms with Crippen LogP contribution < -0.4 is 5.73 Å². The molecule has 1 atom stereocenters. The zero-order chi connectivity index (χ0) is 14.5. The molecule has 20 heavy (non-hydrogen) atoms. The lowest BCUT2D eigenvalue weighted by Gasteiger charge is -2.38. The van der Waals surface area contributed by atoms with E-state index in [1.807, 2.05) is 19.3 Å². The molecule has 0 bridgehead atoms. The standard InChI is InChI=1S/C14H25N5S/c1-3-13(14(15)20)19-10-7-17(8-11-19)6-9-18-5-4-16-12(18)2/h4-5,13H,3,6-11H2,1-2H3,(H2,15,20). The Morgan fingerprint density at radius 2 is 2.05 bits per heavy atom. The lowest BCUT2D eigenvalue weighted by atomic mass is 10.1. The van der Waals surface area contributed by atoms with E-state index in [4.69, 9.17) is 18.0 Å². The Morgan fingerprint density at radius 1 is 1.35 bits per heavy atom. The minimum absolute atomic E-state index is 0.267. The highest BCUT2D eigenvalue weighted by atomic mass is 32.1. The van der Waals surface area contributed by atoms with Crippen molar-refractivity contribution in [2.75, 3.05) is 32.7 Å². The fourth-order valence-corrected chi connectivity index (χ4v) is 3.14. The molecule has 1 aromatic rings. The summed E-state index contributed by atoms with van der Waals surface area (Å²) in [5.41, 5.74) is 5.82. The molecule has 5 nitrogen and oxygen atoms in total. The van der Waals surface area contributed by atoms with Gasteiger partial charge >= 0.3 is 0 Å². The van der Waals surface area contributed by atoms with E-state index in [1.54, 1.807) is 0 Å². The molecule has 2 N–H and O–H groups in total. The summed E-state index contributed by atoms with van der Waals surface area (Å²) in [6.07, 6.45) is 4.91. The topological polar surface area (TPSA) is 50.3 Å². The van der Waals surface area contributed by atoms with Crippen molar-refractivity contribution in [3.05, 3.63) is 18.2 Å². The quantitative estimate of drug-likeness (QED) is 0.789. The highest BCUT2D eigenvalue weighted by Gasteiger charge is 2.24. The fourth-order valence-electron chi connectivity index (χ4n) is 2.83. The number of nitrogens with zero attached hydrogens (tertiary/aromatic N) is 4. The molecule has 0 spiro atoms. The van der Waals surface area contributed by atoms with Crippen molar-refractivity contribution in [1.82, 2.24) is 19.4 Å². The van der Waals surface area contributed by atoms with E-state index in [0.29, 0.717) is 4.99 Å². The molecule has 2 rings (SSSR count). The van der Waals surface area contributed by atoms with Crippen LogP contribution in [0.1, 0.15) is 19.2 Å². The molecule has 1 aromatic heterocycles. The first-order chi connectivity index (χ1) is 9.61. The SMILES string of the molecule is CCC(C(N)=S)N1CCN(CCn2ccnc2C)CC1. The third kappa shape index (κ3) is 3.77. The third-order valence-electron chi connectivity index (χ3n) is 4.14. The van der Waals surface area contributed by atoms with Gasteiger partial charge in [0.15, 0.2) is 0 Å². The van der Waals surface area contributed by atoms with Gasteiger partial charge in [-0.25, -0.2) is 4.98 Å². The molecule has 1 unspecified atom stereocenters. The molecule has 1 saturated heterocycles. The van der Waals surface area contributed by atoms with Crippen molar-refractivity contribution in [2.24, 2.45) is 5.73 Å². The number of aryl methyl sites for hydroxylation is 1. The summed E-state index contributed by atoms with van der Waals surface area (Å²) in [6.45, 7) is 10.6. The van der Waals surface area contributed by atoms with Crippen LogP contribution in [0.4, 0.5) is 0 Å². The largest absolute Gasteiger partial charge is 0.392 e. The number of rotatable bonds is 6. The predicted molar refractivity (Wildman–Crippen MR) is 85.8 cm³/mol. The minimum Gasteiger partial charge on any atom is -0.392 e. The average Bonchev–Trinajstić information content (AvgIpc) is 2.84. The number of aromatic nitrogens is 2. The second-order valence-corrected chi connectivity index (χ2v) is 5.84. The zero-order valence-electron chi connectivity index (χ0n) is 12.5. The normalized spacial score (nSPS) is 19.1. The van der Waals surface area contributed by atoms with Crippen molar-refractivity contribution in [2.45, 2.75) is 32.9 Å². The van der Waals surface area contributed by atoms with Gasteiger partial charge in [0, 0.05) is 51.7 Å². The highest BCUT2D eigenvalue weighted by Crippen LogP contribution is 2.10. The van der Waals surface area contributed by atoms with Crippen LogP contribution in [0.2, 0.25) is 0 Å². The van der Waals surface area contributed by atoms with Crippen LogP contribution in [0.25, 0.3) is 0 Å². The molecule has 112 valence electrons. The lowest BCUT2D eigenvalue weighted by molar-refractivity contribution is 0.114. The second kappa shape index (κ2) is 7.15. The van der Waals surface area contributed by atoms with E-state index < -0.39 is 0 Å². The number of nitrogens with two attached hydrogens (primary N) is 1. The van der Waals surface area contributed by atoms with E-state index in [2.05, 4.69) is 26.3 Å². The van der Waals surface area contributed by atoms with Crippen LogP contribution in [0.5, 0.6) is 0 Å². The van der Waals surface area contributed by atoms with Gasteiger partial charge < -0.3 is 10.3 Å². The summed E-state index contributed by atoms with van der Waals surface area (Å²) >= 11 is 5.16. The molecule has 0 saturated carbocycles. The summed E-state index contributed by atoms with van der Waals surface area (Å²) < 4.78 is 2.20. The van der Waals surface area contributed by atoms with Crippen molar-refractivity contribution in [3.63, 3.8) is 0 Å². The smallest absolute Gasteiger partial charge is 0.105 e. The van der Waals surface area contributed by atoms with Gasteiger partial charge in [0.05, 0.1) is 11.0 Å². The van der Waals surface area contributed by atoms with Gasteiger partial charge in [0.25, 0.3) is 0 Å². The molecule has 1 aliphatic heterocycles. The maximum Gasteiger partial charge on any atom is 0.105 e. The van der Waals surface area contributed by atoms with Gasteiger partial charge in [-0.05, 0) is 13.3 Å². The molecule has 0 aliphatic carbocycles. The summed E-state index contributed by atoms with van der Waals surface area (Å²) in [7, 11) is 0. The number of hydrogen-bond acceptors (Lipinski definition) is 4. The molecular weight excluding hydrogens is 270 g/mol. The van der Waals surface area contributed by atoms with E-state index in [9.17, 15) is 0 Å². The first kappa shape index (κ1) is 15.4. The van der Waals surface area contributed by atoms with Gasteiger partial charge in [-0.15, -0.1) is 0 Å². The Hall–Kier alpha value is -0.980. The van der Waals surface area contributed by atoms with Crippen LogP contribution in [0, 0.1) is 6.92 Å². The Kier molecular flexibility index (Phi) is 5.51. The third-order valence-corrected chi connectivity index (χ3v) is 4.42. The molecule has 0 radical (unpaired) electrons. The van der Waals surface area contributed by atoms with Crippen molar-refractivity contribution in [1.29, 1.82) is 0 Å². The first-order valence-corrected chi connectivity index (χ1v) is 7.76. The summed E-state index contributed by atoms with van der Waals surface area (Å²) in [5, 5.41) is 0. The first-order valence-electron chi connectivity index (χ1n) is 7.35. The van der Waals surface area contributed by atoms with Gasteiger partial charge in [-0.1, -0.05) is 19.1 Å². The molecule has 1 fully saturated rings. The Balaban J connectivity index is 1.77. The van der Waals surface area contributed by atoms with Gasteiger partial charge in [-0.2, -0.15) is 0 Å². The predicted octanol–water partition coefficient (Wildman–Crippen LogP) is 0.874. The lowest BCUT2D eigenvalue weighted by Crippen LogP contribution is -2.53. The van der Waals surface area contributed by atoms with Crippen molar-refractivity contribution in [3.8, 4) is 0 Å². The summed E-state index contributed by atoms with van der Waals surface area (Å²) in [5.74, 6) is 1.09. The maximum atomic E-state index is 5.82. The Morgan fingerprint density at radius 3 is 2.55 bits per heavy atom. The van der Waals surface area contributed by atoms with Crippen LogP contribution in [-0.2, 0) is 6.54 Å². The van der Waals surface area contributed by atoms with E-state index in [1.165, 1.54) is 0 Å². The second-order valence-electron chi connectivity index (χ2n) is 5.37. The zero-order valence-corrected chi connectivity index (χ0v) is 13.3. The van der Waals surface area contributed by atoms with Gasteiger partial charge in [0.2, 0.25) is 0 Å². The van der Waals surface area contributed by atoms with E-state index in [0.717, 1.165) is 51.5 Å². The molecule has 6 heteroatoms. The van der Waals surface area contributed by atoms with Crippen molar-refractivity contribution >= 4 is 17.2 Å². The van der Waals surface area contributed by atoms with Gasteiger partial charge in [-0.3, -0.25) is 9.80 Å². The molecular formula is C14H25N5S. The van der Waals surface area contributed by atoms with Crippen molar-refractivity contribution < 1.29 is 0 Å². The van der Waals surface area contributed by atoms with Crippen LogP contribution in [0.3, 0.4) is 0 Å². The maximum absolute atomic E-state index is 5.82. The molecule has 1 aliphatic rings. The Labute approximate surface area is 126 Å².